The van der Waals surface area contributed by atoms with Crippen molar-refractivity contribution in [1.82, 2.24) is 0 Å². The van der Waals surface area contributed by atoms with Crippen LogP contribution in [0.3, 0.4) is 0 Å². The Balaban J connectivity index is 1.93. The van der Waals surface area contributed by atoms with Gasteiger partial charge in [0.25, 0.3) is 0 Å². The first-order chi connectivity index (χ1) is 9.69. The van der Waals surface area contributed by atoms with E-state index in [-0.39, 0.29) is 17.5 Å². The van der Waals surface area contributed by atoms with Gasteiger partial charge in [-0.05, 0) is 30.3 Å². The Morgan fingerprint density at radius 3 is 2.80 bits per heavy atom. The molecular formula is C15H11FN2OS. The van der Waals surface area contributed by atoms with Crippen molar-refractivity contribution in [2.24, 2.45) is 0 Å². The Morgan fingerprint density at radius 2 is 2.05 bits per heavy atom. The van der Waals surface area contributed by atoms with Gasteiger partial charge in [0.2, 0.25) is 5.91 Å². The third kappa shape index (κ3) is 3.84. The van der Waals surface area contributed by atoms with Gasteiger partial charge in [-0.3, -0.25) is 4.79 Å². The van der Waals surface area contributed by atoms with Crippen LogP contribution in [0.25, 0.3) is 0 Å². The zero-order chi connectivity index (χ0) is 14.4. The lowest BCUT2D eigenvalue weighted by Crippen LogP contribution is -2.14. The monoisotopic (exact) mass is 286 g/mol. The molecule has 0 saturated heterocycles. The third-order valence-electron chi connectivity index (χ3n) is 2.47. The molecule has 0 aliphatic heterocycles. The molecule has 0 heterocycles. The summed E-state index contributed by atoms with van der Waals surface area (Å²) in [5.74, 6) is -0.470. The van der Waals surface area contributed by atoms with Crippen LogP contribution < -0.4 is 5.32 Å². The van der Waals surface area contributed by atoms with Crippen molar-refractivity contribution < 1.29 is 9.18 Å². The summed E-state index contributed by atoms with van der Waals surface area (Å²) < 4.78 is 13.4. The van der Waals surface area contributed by atoms with Crippen LogP contribution in [0.15, 0.2) is 53.4 Å². The molecule has 0 aliphatic carbocycles. The average molecular weight is 286 g/mol. The van der Waals surface area contributed by atoms with E-state index in [1.807, 2.05) is 6.07 Å². The number of hydrogen-bond acceptors (Lipinski definition) is 3. The van der Waals surface area contributed by atoms with E-state index in [0.717, 1.165) is 11.8 Å². The summed E-state index contributed by atoms with van der Waals surface area (Å²) >= 11 is 1.13. The number of benzene rings is 2. The predicted octanol–water partition coefficient (Wildman–Crippen LogP) is 3.43. The molecule has 3 nitrogen and oxygen atoms in total. The van der Waals surface area contributed by atoms with Gasteiger partial charge in [0.15, 0.2) is 0 Å². The second kappa shape index (κ2) is 6.73. The summed E-state index contributed by atoms with van der Waals surface area (Å²) in [5.41, 5.74) is 1.03. The minimum atomic E-state index is -0.336. The van der Waals surface area contributed by atoms with Crippen LogP contribution in [-0.4, -0.2) is 11.7 Å². The highest BCUT2D eigenvalue weighted by molar-refractivity contribution is 8.00. The molecule has 100 valence electrons. The molecule has 0 saturated carbocycles. The van der Waals surface area contributed by atoms with Crippen molar-refractivity contribution in [2.45, 2.75) is 4.90 Å². The summed E-state index contributed by atoms with van der Waals surface area (Å²) in [6.45, 7) is 0. The molecule has 1 amide bonds. The van der Waals surface area contributed by atoms with E-state index in [0.29, 0.717) is 16.1 Å². The van der Waals surface area contributed by atoms with Crippen molar-refractivity contribution in [3.05, 3.63) is 59.9 Å². The molecule has 0 fully saturated rings. The summed E-state index contributed by atoms with van der Waals surface area (Å²) in [6, 6.07) is 15.0. The first kappa shape index (κ1) is 14.1. The number of nitriles is 1. The minimum Gasteiger partial charge on any atom is -0.325 e. The smallest absolute Gasteiger partial charge is 0.234 e. The number of halogens is 1. The van der Waals surface area contributed by atoms with Crippen molar-refractivity contribution in [2.75, 3.05) is 11.1 Å². The lowest BCUT2D eigenvalue weighted by molar-refractivity contribution is -0.113. The van der Waals surface area contributed by atoms with Gasteiger partial charge in [0.05, 0.1) is 17.4 Å². The van der Waals surface area contributed by atoms with Gasteiger partial charge in [-0.1, -0.05) is 18.2 Å². The van der Waals surface area contributed by atoms with E-state index in [1.54, 1.807) is 42.5 Å². The molecule has 20 heavy (non-hydrogen) atoms. The van der Waals surface area contributed by atoms with Crippen LogP contribution in [0.4, 0.5) is 10.1 Å². The molecule has 0 spiro atoms. The fourth-order valence-electron chi connectivity index (χ4n) is 1.57. The number of nitrogens with one attached hydrogen (secondary N) is 1. The zero-order valence-corrected chi connectivity index (χ0v) is 11.3. The van der Waals surface area contributed by atoms with E-state index in [4.69, 9.17) is 5.26 Å². The third-order valence-corrected chi connectivity index (χ3v) is 3.52. The number of thioether (sulfide) groups is 1. The Hall–Kier alpha value is -2.32. The molecule has 0 atom stereocenters. The lowest BCUT2D eigenvalue weighted by Gasteiger charge is -2.06. The number of carbonyl (C=O) groups is 1. The second-order valence-electron chi connectivity index (χ2n) is 3.96. The molecule has 0 aliphatic rings. The summed E-state index contributed by atoms with van der Waals surface area (Å²) in [7, 11) is 0. The van der Waals surface area contributed by atoms with E-state index in [9.17, 15) is 9.18 Å². The van der Waals surface area contributed by atoms with Crippen LogP contribution in [0, 0.1) is 17.1 Å². The molecule has 1 N–H and O–H groups in total. The Morgan fingerprint density at radius 1 is 1.25 bits per heavy atom. The van der Waals surface area contributed by atoms with Gasteiger partial charge in [-0.2, -0.15) is 5.26 Å². The quantitative estimate of drug-likeness (QED) is 0.876. The highest BCUT2D eigenvalue weighted by Gasteiger charge is 2.07. The lowest BCUT2D eigenvalue weighted by atomic mass is 10.2. The van der Waals surface area contributed by atoms with Gasteiger partial charge in [-0.15, -0.1) is 11.8 Å². The highest BCUT2D eigenvalue weighted by Crippen LogP contribution is 2.21. The van der Waals surface area contributed by atoms with E-state index < -0.39 is 0 Å². The molecule has 0 radical (unpaired) electrons. The Labute approximate surface area is 120 Å². The average Bonchev–Trinajstić information content (AvgIpc) is 2.46. The maximum absolute atomic E-state index is 13.4. The topological polar surface area (TPSA) is 52.9 Å². The van der Waals surface area contributed by atoms with Gasteiger partial charge in [-0.25, -0.2) is 4.39 Å². The van der Waals surface area contributed by atoms with Crippen LogP contribution in [0.1, 0.15) is 5.56 Å². The molecule has 5 heteroatoms. The molecular weight excluding hydrogens is 275 g/mol. The fourth-order valence-corrected chi connectivity index (χ4v) is 2.31. The maximum Gasteiger partial charge on any atom is 0.234 e. The van der Waals surface area contributed by atoms with E-state index in [1.165, 1.54) is 6.07 Å². The van der Waals surface area contributed by atoms with Crippen LogP contribution in [0.5, 0.6) is 0 Å². The maximum atomic E-state index is 13.4. The SMILES string of the molecule is N#Cc1cccc(NC(=O)CSc2ccccc2F)c1. The molecule has 2 rings (SSSR count). The van der Waals surface area contributed by atoms with Gasteiger partial charge >= 0.3 is 0 Å². The highest BCUT2D eigenvalue weighted by atomic mass is 32.2. The number of rotatable bonds is 4. The van der Waals surface area contributed by atoms with Gasteiger partial charge in [0, 0.05) is 10.6 Å². The van der Waals surface area contributed by atoms with Crippen molar-refractivity contribution in [3.63, 3.8) is 0 Å². The normalized spacial score (nSPS) is 9.80. The number of nitrogens with zero attached hydrogens (tertiary/aromatic N) is 1. The Kier molecular flexibility index (Phi) is 4.75. The first-order valence-corrected chi connectivity index (χ1v) is 6.85. The standard InChI is InChI=1S/C15H11FN2OS/c16-13-6-1-2-7-14(13)20-10-15(19)18-12-5-3-4-11(8-12)9-17/h1-8H,10H2,(H,18,19). The predicted molar refractivity (Wildman–Crippen MR) is 76.9 cm³/mol. The minimum absolute atomic E-state index is 0.109. The molecule has 0 bridgehead atoms. The molecule has 0 aromatic heterocycles. The number of carbonyl (C=O) groups excluding carboxylic acids is 1. The first-order valence-electron chi connectivity index (χ1n) is 5.86. The van der Waals surface area contributed by atoms with Gasteiger partial charge in [0.1, 0.15) is 5.82 Å². The molecule has 0 unspecified atom stereocenters. The Bertz CT molecular complexity index is 667. The van der Waals surface area contributed by atoms with Crippen LogP contribution in [0.2, 0.25) is 0 Å². The van der Waals surface area contributed by atoms with Crippen molar-refractivity contribution in [3.8, 4) is 6.07 Å². The summed E-state index contributed by atoms with van der Waals surface area (Å²) in [6.07, 6.45) is 0. The van der Waals surface area contributed by atoms with Gasteiger partial charge < -0.3 is 5.32 Å². The fraction of sp³-hybridized carbons (Fsp3) is 0.0667. The summed E-state index contributed by atoms with van der Waals surface area (Å²) in [4.78, 5) is 12.2. The summed E-state index contributed by atoms with van der Waals surface area (Å²) in [5, 5.41) is 11.4. The van der Waals surface area contributed by atoms with Crippen LogP contribution in [-0.2, 0) is 4.79 Å². The van der Waals surface area contributed by atoms with Crippen molar-refractivity contribution in [1.29, 1.82) is 5.26 Å². The largest absolute Gasteiger partial charge is 0.325 e. The van der Waals surface area contributed by atoms with Crippen molar-refractivity contribution >= 4 is 23.4 Å². The molecule has 2 aromatic carbocycles. The zero-order valence-electron chi connectivity index (χ0n) is 10.5. The van der Waals surface area contributed by atoms with E-state index in [2.05, 4.69) is 5.32 Å². The second-order valence-corrected chi connectivity index (χ2v) is 4.98. The number of amides is 1. The van der Waals surface area contributed by atoms with E-state index >= 15 is 0 Å². The number of anilines is 1. The molecule has 2 aromatic rings. The number of hydrogen-bond donors (Lipinski definition) is 1. The van der Waals surface area contributed by atoms with Crippen LogP contribution >= 0.6 is 11.8 Å².